The predicted molar refractivity (Wildman–Crippen MR) is 103 cm³/mol. The van der Waals surface area contributed by atoms with Crippen LogP contribution in [0.25, 0.3) is 0 Å². The Labute approximate surface area is 157 Å². The van der Waals surface area contributed by atoms with Crippen molar-refractivity contribution in [2.24, 2.45) is 11.6 Å². The molecule has 10 nitrogen and oxygen atoms in total. The number of nitro groups is 1. The number of anilines is 2. The Bertz CT molecular complexity index is 797. The Morgan fingerprint density at radius 3 is 2.56 bits per heavy atom. The molecule has 0 bridgehead atoms. The van der Waals surface area contributed by atoms with Crippen LogP contribution in [0.3, 0.4) is 0 Å². The molecule has 1 heterocycles. The summed E-state index contributed by atoms with van der Waals surface area (Å²) in [6.07, 6.45) is 4.87. The van der Waals surface area contributed by atoms with Gasteiger partial charge in [-0.25, -0.2) is 10.8 Å². The number of nitrogens with one attached hydrogen (secondary N) is 1. The maximum atomic E-state index is 11.2. The lowest BCUT2D eigenvalue weighted by molar-refractivity contribution is -0.384. The normalized spacial score (nSPS) is 12.6. The number of allylic oxidation sites excluding steroid dienone is 4. The Kier molecular flexibility index (Phi) is 7.95. The second kappa shape index (κ2) is 9.92. The van der Waals surface area contributed by atoms with Crippen LogP contribution in [-0.2, 0) is 9.53 Å². The molecule has 0 unspecified atom stereocenters. The van der Waals surface area contributed by atoms with E-state index in [-0.39, 0.29) is 29.9 Å². The van der Waals surface area contributed by atoms with Crippen molar-refractivity contribution in [1.82, 2.24) is 4.98 Å². The van der Waals surface area contributed by atoms with E-state index in [1.165, 1.54) is 30.3 Å². The van der Waals surface area contributed by atoms with Gasteiger partial charge in [-0.1, -0.05) is 6.08 Å². The van der Waals surface area contributed by atoms with Gasteiger partial charge in [0.25, 0.3) is 0 Å². The first kappa shape index (κ1) is 21.6. The van der Waals surface area contributed by atoms with Gasteiger partial charge < -0.3 is 15.8 Å². The zero-order valence-electron chi connectivity index (χ0n) is 15.7. The van der Waals surface area contributed by atoms with E-state index in [0.717, 1.165) is 5.57 Å². The van der Waals surface area contributed by atoms with Crippen LogP contribution in [0.5, 0.6) is 0 Å². The molecule has 0 saturated carbocycles. The van der Waals surface area contributed by atoms with Crippen molar-refractivity contribution in [3.05, 3.63) is 57.6 Å². The van der Waals surface area contributed by atoms with Gasteiger partial charge in [0.1, 0.15) is 12.4 Å². The fourth-order valence-electron chi connectivity index (χ4n) is 1.87. The van der Waals surface area contributed by atoms with Crippen LogP contribution in [0, 0.1) is 10.1 Å². The molecule has 0 radical (unpaired) electrons. The SMILES string of the molecule is CC(=O)OC/C(C)=C/C=C(\C)Nc1nc(N(N)/C=C(/C)N)ccc1[N+](=O)[O-]. The van der Waals surface area contributed by atoms with Crippen molar-refractivity contribution in [3.63, 3.8) is 0 Å². The minimum Gasteiger partial charge on any atom is -0.461 e. The highest BCUT2D eigenvalue weighted by Crippen LogP contribution is 2.26. The summed E-state index contributed by atoms with van der Waals surface area (Å²) in [4.78, 5) is 25.7. The van der Waals surface area contributed by atoms with E-state index in [9.17, 15) is 14.9 Å². The first-order valence-corrected chi connectivity index (χ1v) is 7.98. The van der Waals surface area contributed by atoms with E-state index in [1.807, 2.05) is 0 Å². The summed E-state index contributed by atoms with van der Waals surface area (Å²) in [6.45, 7) is 6.66. The molecule has 1 aromatic rings. The zero-order chi connectivity index (χ0) is 20.6. The molecule has 0 aliphatic rings. The largest absolute Gasteiger partial charge is 0.461 e. The van der Waals surface area contributed by atoms with Gasteiger partial charge in [0.15, 0.2) is 0 Å². The van der Waals surface area contributed by atoms with Crippen LogP contribution in [0.2, 0.25) is 0 Å². The van der Waals surface area contributed by atoms with E-state index < -0.39 is 4.92 Å². The van der Waals surface area contributed by atoms with Crippen molar-refractivity contribution < 1.29 is 14.5 Å². The first-order valence-electron chi connectivity index (χ1n) is 7.98. The van der Waals surface area contributed by atoms with Gasteiger partial charge in [0.2, 0.25) is 5.82 Å². The van der Waals surface area contributed by atoms with Crippen LogP contribution in [0.15, 0.2) is 47.5 Å². The second-order valence-electron chi connectivity index (χ2n) is 5.84. The van der Waals surface area contributed by atoms with Crippen LogP contribution in [-0.4, -0.2) is 22.5 Å². The number of hydrogen-bond donors (Lipinski definition) is 3. The molecular weight excluding hydrogens is 352 g/mol. The highest BCUT2D eigenvalue weighted by atomic mass is 16.6. The second-order valence-corrected chi connectivity index (χ2v) is 5.84. The topological polar surface area (TPSA) is 150 Å². The summed E-state index contributed by atoms with van der Waals surface area (Å²) in [5.41, 5.74) is 7.24. The molecule has 0 aliphatic heterocycles. The third-order valence-electron chi connectivity index (χ3n) is 3.10. The number of ether oxygens (including phenoxy) is 1. The quantitative estimate of drug-likeness (QED) is 0.204. The van der Waals surface area contributed by atoms with E-state index in [1.54, 1.807) is 32.9 Å². The predicted octanol–water partition coefficient (Wildman–Crippen LogP) is 2.32. The Morgan fingerprint density at radius 1 is 1.33 bits per heavy atom. The number of carbonyl (C=O) groups is 1. The smallest absolute Gasteiger partial charge is 0.311 e. The summed E-state index contributed by atoms with van der Waals surface area (Å²) < 4.78 is 4.88. The van der Waals surface area contributed by atoms with Crippen molar-refractivity contribution in [2.75, 3.05) is 16.9 Å². The van der Waals surface area contributed by atoms with Crippen LogP contribution in [0.4, 0.5) is 17.3 Å². The van der Waals surface area contributed by atoms with Crippen molar-refractivity contribution in [2.45, 2.75) is 27.7 Å². The summed E-state index contributed by atoms with van der Waals surface area (Å²) in [5, 5.41) is 15.3. The molecule has 1 rings (SSSR count). The van der Waals surface area contributed by atoms with Crippen LogP contribution < -0.4 is 21.9 Å². The summed E-state index contributed by atoms with van der Waals surface area (Å²) in [5.74, 6) is 5.78. The molecule has 1 aromatic heterocycles. The molecule has 5 N–H and O–H groups in total. The van der Waals surface area contributed by atoms with Crippen molar-refractivity contribution in [1.29, 1.82) is 0 Å². The van der Waals surface area contributed by atoms with Gasteiger partial charge in [0.05, 0.1) is 4.92 Å². The molecular formula is C17H24N6O4. The lowest BCUT2D eigenvalue weighted by Gasteiger charge is -2.15. The summed E-state index contributed by atoms with van der Waals surface area (Å²) >= 11 is 0. The average molecular weight is 376 g/mol. The molecule has 0 fully saturated rings. The minimum absolute atomic E-state index is 0.0378. The Balaban J connectivity index is 3.06. The molecule has 0 aliphatic carbocycles. The van der Waals surface area contributed by atoms with E-state index >= 15 is 0 Å². The lowest BCUT2D eigenvalue weighted by atomic mass is 10.2. The first-order chi connectivity index (χ1) is 12.6. The molecule has 0 amide bonds. The number of hydrogen-bond acceptors (Lipinski definition) is 9. The van der Waals surface area contributed by atoms with Crippen molar-refractivity contribution >= 4 is 23.3 Å². The number of hydrazine groups is 1. The number of aromatic nitrogens is 1. The third-order valence-corrected chi connectivity index (χ3v) is 3.10. The maximum absolute atomic E-state index is 11.2. The molecule has 0 spiro atoms. The van der Waals surface area contributed by atoms with Gasteiger partial charge in [-0.15, -0.1) is 0 Å². The number of rotatable bonds is 8. The lowest BCUT2D eigenvalue weighted by Crippen LogP contribution is -2.26. The summed E-state index contributed by atoms with van der Waals surface area (Å²) in [6, 6.07) is 2.73. The number of nitrogens with two attached hydrogens (primary N) is 2. The van der Waals surface area contributed by atoms with E-state index in [0.29, 0.717) is 11.4 Å². The van der Waals surface area contributed by atoms with Crippen LogP contribution >= 0.6 is 0 Å². The van der Waals surface area contributed by atoms with Crippen molar-refractivity contribution in [3.8, 4) is 0 Å². The highest BCUT2D eigenvalue weighted by Gasteiger charge is 2.17. The van der Waals surface area contributed by atoms with Gasteiger partial charge >= 0.3 is 11.7 Å². The molecule has 0 aromatic carbocycles. The molecule has 146 valence electrons. The monoisotopic (exact) mass is 376 g/mol. The number of carbonyl (C=O) groups excluding carboxylic acids is 1. The molecule has 0 atom stereocenters. The Hall–Kier alpha value is -3.40. The number of esters is 1. The van der Waals surface area contributed by atoms with Crippen LogP contribution in [0.1, 0.15) is 27.7 Å². The van der Waals surface area contributed by atoms with Gasteiger partial charge in [-0.3, -0.25) is 19.9 Å². The van der Waals surface area contributed by atoms with Gasteiger partial charge in [-0.05, 0) is 38.5 Å². The fourth-order valence-corrected chi connectivity index (χ4v) is 1.87. The van der Waals surface area contributed by atoms with E-state index in [2.05, 4.69) is 10.3 Å². The molecule has 27 heavy (non-hydrogen) atoms. The standard InChI is InChI=1S/C17H24N6O4/c1-11(10-27-14(4)24)5-6-13(3)20-17-15(23(25)26)7-8-16(21-17)22(19)9-12(2)18/h5-9H,10,18-19H2,1-4H3,(H,20,21)/b11-5+,12-9-,13-6+. The number of pyridine rings is 1. The Morgan fingerprint density at radius 2 is 2.00 bits per heavy atom. The fraction of sp³-hybridized carbons (Fsp3) is 0.294. The molecule has 10 heteroatoms. The third kappa shape index (κ3) is 7.57. The summed E-state index contributed by atoms with van der Waals surface area (Å²) in [7, 11) is 0. The van der Waals surface area contributed by atoms with E-state index in [4.69, 9.17) is 16.3 Å². The zero-order valence-corrected chi connectivity index (χ0v) is 15.7. The van der Waals surface area contributed by atoms with Gasteiger partial charge in [-0.2, -0.15) is 0 Å². The maximum Gasteiger partial charge on any atom is 0.311 e. The average Bonchev–Trinajstić information content (AvgIpc) is 2.57. The number of nitrogens with zero attached hydrogens (tertiary/aromatic N) is 3. The minimum atomic E-state index is -0.543. The molecule has 0 saturated heterocycles. The van der Waals surface area contributed by atoms with Gasteiger partial charge in [0, 0.05) is 30.6 Å². The highest BCUT2D eigenvalue weighted by molar-refractivity contribution is 5.66.